The van der Waals surface area contributed by atoms with E-state index in [1.54, 1.807) is 121 Å². The van der Waals surface area contributed by atoms with Crippen molar-refractivity contribution in [2.75, 3.05) is 113 Å². The maximum Gasteiger partial charge on any atom is 0.274 e. The zero-order valence-corrected chi connectivity index (χ0v) is 82.3. The van der Waals surface area contributed by atoms with E-state index in [-0.39, 0.29) is 58.2 Å². The van der Waals surface area contributed by atoms with Gasteiger partial charge in [0, 0.05) is 255 Å². The van der Waals surface area contributed by atoms with Gasteiger partial charge in [-0.05, 0) is 134 Å². The molecule has 2 N–H and O–H groups in total. The van der Waals surface area contributed by atoms with Crippen LogP contribution in [0.5, 0.6) is 23.0 Å². The van der Waals surface area contributed by atoms with Gasteiger partial charge in [-0.25, -0.2) is 76.2 Å². The topological polar surface area (TPSA) is 337 Å². The Hall–Kier alpha value is -15.9. The molecule has 6 aliphatic heterocycles. The van der Waals surface area contributed by atoms with Crippen molar-refractivity contribution in [2.45, 2.75) is 156 Å². The van der Waals surface area contributed by atoms with Gasteiger partial charge in [0.05, 0.1) is 67.8 Å². The summed E-state index contributed by atoms with van der Waals surface area (Å²) in [5, 5.41) is 8.92. The van der Waals surface area contributed by atoms with Crippen LogP contribution >= 0.6 is 0 Å². The van der Waals surface area contributed by atoms with Gasteiger partial charge in [-0.3, -0.25) is 47.5 Å². The number of amides is 2. The van der Waals surface area contributed by atoms with Gasteiger partial charge in [0.15, 0.2) is 0 Å². The number of halogens is 4. The number of alkyl halides is 4. The van der Waals surface area contributed by atoms with Gasteiger partial charge in [-0.1, -0.05) is 97.1 Å². The summed E-state index contributed by atoms with van der Waals surface area (Å²) < 4.78 is 102. The summed E-state index contributed by atoms with van der Waals surface area (Å²) in [6.07, 6.45) is 13.2. The minimum atomic E-state index is -1.44. The number of carbonyl (C=O) groups excluding carboxylic acids is 2. The lowest BCUT2D eigenvalue weighted by molar-refractivity contribution is -0.129. The van der Waals surface area contributed by atoms with Crippen LogP contribution in [0.25, 0.3) is 88.1 Å². The van der Waals surface area contributed by atoms with Gasteiger partial charge in [-0.2, -0.15) is 0 Å². The second kappa shape index (κ2) is 43.8. The van der Waals surface area contributed by atoms with E-state index in [2.05, 4.69) is 60.3 Å². The van der Waals surface area contributed by atoms with Crippen molar-refractivity contribution in [2.24, 2.45) is 0 Å². The molecule has 8 atom stereocenters. The van der Waals surface area contributed by atoms with Crippen molar-refractivity contribution in [1.29, 1.82) is 0 Å². The number of hydrogen-bond acceptors (Lipinski definition) is 24. The van der Waals surface area contributed by atoms with E-state index in [1.165, 1.54) is 27.7 Å². The van der Waals surface area contributed by atoms with E-state index in [1.807, 2.05) is 174 Å². The number of fused-ring (bicyclic) bond motifs is 12. The molecule has 2 amide bonds. The minimum Gasteiger partial charge on any atom is -0.460 e. The molecule has 0 aliphatic carbocycles. The highest BCUT2D eigenvalue weighted by molar-refractivity contribution is 5.89. The lowest BCUT2D eigenvalue weighted by atomic mass is 10.0. The largest absolute Gasteiger partial charge is 0.460 e. The van der Waals surface area contributed by atoms with Crippen LogP contribution in [-0.4, -0.2) is 217 Å². The fraction of sp³-hybridized carbons (Fsp3) is 0.352. The molecule has 146 heavy (non-hydrogen) atoms. The molecular weight excluding hydrogens is 1870 g/mol. The van der Waals surface area contributed by atoms with Crippen molar-refractivity contribution >= 4 is 79.2 Å². The zero-order valence-electron chi connectivity index (χ0n) is 82.3. The maximum absolute atomic E-state index is 13.7. The van der Waals surface area contributed by atoms with Crippen molar-refractivity contribution < 1.29 is 55.6 Å². The number of nitrogens with one attached hydrogen (secondary N) is 2. The van der Waals surface area contributed by atoms with Crippen LogP contribution in [-0.2, 0) is 45.2 Å². The number of aromatic nitrogens is 16. The van der Waals surface area contributed by atoms with Gasteiger partial charge in [0.2, 0.25) is 61.0 Å². The number of ether oxygens (including phenoxy) is 6. The molecule has 2 fully saturated rings. The second-order valence-electron chi connectivity index (χ2n) is 36.7. The van der Waals surface area contributed by atoms with E-state index in [0.717, 1.165) is 128 Å². The molecule has 14 heterocycles. The SMILES string of the molecule is CC(=O)N1CCN(c2ncc(-c3ccc4c(=O)n5n(c4c3)[C@@H](c3ccccc3OC(C)F)CC5)cn2)CC1.CC(=O)N1CCN(c2ncc(-c3ccc4c(=O)n5n(c4c3)[C@H](c3ccccc3OC(C)F)CC5)cn2)CC1.COCCCNc1ncc(-c2ccc3c(=O)n4n(c3c2)[C@@H](c2ccccc2OC(C)F)CC4)cn1.COCCCNc1ncc(-c2ccc3c(=O)n4n(c3c2)[C@H](c2ccccc2OC(C)F)CC4)cn1. The molecule has 0 radical (unpaired) electrons. The first-order valence-electron chi connectivity index (χ1n) is 49.3. The number of benzene rings is 8. The summed E-state index contributed by atoms with van der Waals surface area (Å²) >= 11 is 0. The van der Waals surface area contributed by atoms with Crippen LogP contribution in [0.3, 0.4) is 0 Å². The van der Waals surface area contributed by atoms with Crippen LogP contribution in [0.4, 0.5) is 41.4 Å². The summed E-state index contributed by atoms with van der Waals surface area (Å²) in [7, 11) is 3.35. The Morgan fingerprint density at radius 2 is 0.568 bits per heavy atom. The molecule has 16 aromatic rings. The molecule has 4 unspecified atom stereocenters. The molecule has 0 saturated carbocycles. The Balaban J connectivity index is 0.000000123. The highest BCUT2D eigenvalue weighted by atomic mass is 19.2. The van der Waals surface area contributed by atoms with E-state index in [9.17, 15) is 46.3 Å². The van der Waals surface area contributed by atoms with Crippen LogP contribution in [0.15, 0.2) is 239 Å². The van der Waals surface area contributed by atoms with Gasteiger partial charge in [0.25, 0.3) is 22.2 Å². The second-order valence-corrected chi connectivity index (χ2v) is 36.7. The lowest BCUT2D eigenvalue weighted by Crippen LogP contribution is -2.48. The number of piperazine rings is 2. The van der Waals surface area contributed by atoms with Gasteiger partial charge in [0.1, 0.15) is 23.0 Å². The number of rotatable bonds is 28. The molecular formula is C108H114F4N22O12. The quantitative estimate of drug-likeness (QED) is 0.0340. The molecule has 0 bridgehead atoms. The van der Waals surface area contributed by atoms with Gasteiger partial charge >= 0.3 is 0 Å². The maximum atomic E-state index is 13.7. The molecule has 38 heteroatoms. The van der Waals surface area contributed by atoms with Crippen LogP contribution < -0.4 is 61.6 Å². The zero-order chi connectivity index (χ0) is 102. The number of methoxy groups -OCH3 is 2. The molecule has 0 spiro atoms. The number of carbonyl (C=O) groups is 2. The highest BCUT2D eigenvalue weighted by Gasteiger charge is 2.37. The smallest absolute Gasteiger partial charge is 0.274 e. The van der Waals surface area contributed by atoms with Crippen molar-refractivity contribution in [3.63, 3.8) is 0 Å². The number of hydrogen-bond donors (Lipinski definition) is 2. The fourth-order valence-corrected chi connectivity index (χ4v) is 20.4. The van der Waals surface area contributed by atoms with Crippen LogP contribution in [0.1, 0.15) is 126 Å². The molecule has 6 aliphatic rings. The molecule has 34 nitrogen and oxygen atoms in total. The lowest BCUT2D eigenvalue weighted by Gasteiger charge is -2.34. The van der Waals surface area contributed by atoms with Crippen molar-refractivity contribution in [1.82, 2.24) is 87.1 Å². The average Bonchev–Trinajstić information content (AvgIpc) is 1.59. The Morgan fingerprint density at radius 1 is 0.329 bits per heavy atom. The third-order valence-corrected chi connectivity index (χ3v) is 27.3. The van der Waals surface area contributed by atoms with E-state index in [4.69, 9.17) is 28.4 Å². The van der Waals surface area contributed by atoms with Crippen molar-refractivity contribution in [3.05, 3.63) is 283 Å². The van der Waals surface area contributed by atoms with E-state index in [0.29, 0.717) is 173 Å². The summed E-state index contributed by atoms with van der Waals surface area (Å²) in [4.78, 5) is 120. The summed E-state index contributed by atoms with van der Waals surface area (Å²) in [6.45, 7) is 19.1. The van der Waals surface area contributed by atoms with Crippen LogP contribution in [0.2, 0.25) is 0 Å². The van der Waals surface area contributed by atoms with Gasteiger partial charge < -0.3 is 58.7 Å². The Morgan fingerprint density at radius 3 is 0.801 bits per heavy atom. The van der Waals surface area contributed by atoms with E-state index >= 15 is 0 Å². The summed E-state index contributed by atoms with van der Waals surface area (Å²) in [6, 6.07) is 52.2. The Bertz CT molecular complexity index is 7210. The monoisotopic (exact) mass is 1990 g/mol. The standard InChI is InChI=1S/2C28H29FN6O3.2C26H28FN5O3/c2*1-18(29)38-26-6-4-3-5-22(26)24-9-10-34-27(37)23-8-7-20(15-25(23)35(24)34)21-16-30-28(31-17-21)33-13-11-32(12-14-33)19(2)36;2*1-17(27)35-24-7-4-3-6-20(24)22-10-12-31-25(33)21-9-8-18(14-23(21)32(22)31)19-15-29-26(30-16-19)28-11-5-13-34-2/h2*3-8,15-18,24H,9-14H2,1-2H3;2*3-4,6-9,14-17,22H,5,10-13H2,1-2H3,(H,28,29,30)/t2*18?,24-;2*17?,22-/m1010/s1. The third-order valence-electron chi connectivity index (χ3n) is 27.3. The number of anilines is 4. The summed E-state index contributed by atoms with van der Waals surface area (Å²) in [5.41, 5.74) is 13.6. The highest BCUT2D eigenvalue weighted by Crippen LogP contribution is 2.44. The number of para-hydroxylation sites is 4. The fourth-order valence-electron chi connectivity index (χ4n) is 20.4. The molecule has 2 saturated heterocycles. The third kappa shape index (κ3) is 20.7. The number of nitrogens with zero attached hydrogens (tertiary/aromatic N) is 20. The summed E-state index contributed by atoms with van der Waals surface area (Å²) in [5.74, 6) is 4.53. The minimum absolute atomic E-state index is 0.0295. The predicted molar refractivity (Wildman–Crippen MR) is 549 cm³/mol. The first kappa shape index (κ1) is 98.9. The Labute approximate surface area is 837 Å². The first-order valence-corrected chi connectivity index (χ1v) is 49.3. The molecule has 8 aromatic heterocycles. The van der Waals surface area contributed by atoms with E-state index < -0.39 is 25.4 Å². The normalized spacial score (nSPS) is 17.0. The van der Waals surface area contributed by atoms with Gasteiger partial charge in [-0.15, -0.1) is 0 Å². The van der Waals surface area contributed by atoms with Crippen molar-refractivity contribution in [3.8, 4) is 67.5 Å². The van der Waals surface area contributed by atoms with Crippen LogP contribution in [0, 0.1) is 0 Å². The first-order chi connectivity index (χ1) is 70.9. The molecule has 22 rings (SSSR count). The average molecular weight is 1990 g/mol. The molecule has 8 aromatic carbocycles. The molecule has 756 valence electrons. The predicted octanol–water partition coefficient (Wildman–Crippen LogP) is 16.0. The Kier molecular flexibility index (Phi) is 29.6.